The van der Waals surface area contributed by atoms with Gasteiger partial charge in [-0.2, -0.15) is 48.3 Å². The van der Waals surface area contributed by atoms with Crippen molar-refractivity contribution in [1.29, 1.82) is 0 Å². The molecule has 0 amide bonds. The minimum atomic E-state index is -6.62. The lowest BCUT2D eigenvalue weighted by Crippen LogP contribution is -2.60. The fraction of sp³-hybridized carbons (Fsp3) is 0.600. The van der Waals surface area contributed by atoms with E-state index in [2.05, 4.69) is 11.6 Å². The van der Waals surface area contributed by atoms with Gasteiger partial charge in [0.1, 0.15) is 11.4 Å². The second-order valence-corrected chi connectivity index (χ2v) is 4.40. The standard InChI is InChI=1S/C8H3ClF12.C2HF3/c9-2(1-10)6(15,16)7(17,18)3(11)5(13,14)4(12)8(19,20)21;3-1-2(4)5/h1,3-4H;1H. The summed E-state index contributed by atoms with van der Waals surface area (Å²) in [6, 6.07) is 0. The van der Waals surface area contributed by atoms with Crippen molar-refractivity contribution in [2.75, 3.05) is 0 Å². The van der Waals surface area contributed by atoms with Crippen molar-refractivity contribution >= 4 is 11.6 Å². The van der Waals surface area contributed by atoms with Gasteiger partial charge in [0.2, 0.25) is 6.17 Å². The third-order valence-corrected chi connectivity index (χ3v) is 2.50. The van der Waals surface area contributed by atoms with Crippen LogP contribution >= 0.6 is 11.6 Å². The zero-order valence-corrected chi connectivity index (χ0v) is 12.1. The molecule has 0 aromatic carbocycles. The van der Waals surface area contributed by atoms with Gasteiger partial charge in [-0.25, -0.2) is 17.6 Å². The van der Waals surface area contributed by atoms with Gasteiger partial charge >= 0.3 is 23.9 Å². The topological polar surface area (TPSA) is 0 Å². The van der Waals surface area contributed by atoms with E-state index in [1.807, 2.05) is 0 Å². The Morgan fingerprint density at radius 2 is 1.08 bits per heavy atom. The lowest BCUT2D eigenvalue weighted by Gasteiger charge is -2.33. The van der Waals surface area contributed by atoms with Crippen molar-refractivity contribution in [2.45, 2.75) is 36.3 Å². The maximum Gasteiger partial charge on any atom is 0.425 e. The van der Waals surface area contributed by atoms with Crippen LogP contribution in [0.25, 0.3) is 0 Å². The van der Waals surface area contributed by atoms with Crippen molar-refractivity contribution in [3.8, 4) is 0 Å². The van der Waals surface area contributed by atoms with Crippen LogP contribution in [-0.2, 0) is 0 Å². The van der Waals surface area contributed by atoms with Gasteiger partial charge in [0.15, 0.2) is 6.33 Å². The summed E-state index contributed by atoms with van der Waals surface area (Å²) >= 11 is 4.23. The zero-order chi connectivity index (χ0) is 21.7. The molecule has 0 aliphatic carbocycles. The molecule has 2 unspecified atom stereocenters. The molecule has 0 N–H and O–H groups in total. The predicted octanol–water partition coefficient (Wildman–Crippen LogP) is 6.87. The van der Waals surface area contributed by atoms with Gasteiger partial charge < -0.3 is 0 Å². The lowest BCUT2D eigenvalue weighted by molar-refractivity contribution is -0.308. The highest BCUT2D eigenvalue weighted by atomic mass is 35.5. The molecule has 0 aliphatic rings. The average Bonchev–Trinajstić information content (AvgIpc) is 2.51. The minimum absolute atomic E-state index is 0.750. The number of allylic oxidation sites excluding steroid dienone is 1. The number of halogens is 16. The normalized spacial score (nSPS) is 16.4. The molecule has 0 spiro atoms. The van der Waals surface area contributed by atoms with Crippen molar-refractivity contribution < 1.29 is 65.9 Å². The highest BCUT2D eigenvalue weighted by Crippen LogP contribution is 2.51. The molecular formula is C10H4ClF15. The summed E-state index contributed by atoms with van der Waals surface area (Å²) < 4.78 is 179. The first-order chi connectivity index (χ1) is 11.3. The Labute approximate surface area is 138 Å². The van der Waals surface area contributed by atoms with Crippen LogP contribution in [-0.4, -0.2) is 36.3 Å². The lowest BCUT2D eigenvalue weighted by atomic mass is 9.98. The van der Waals surface area contributed by atoms with Crippen LogP contribution in [0.2, 0.25) is 0 Å². The second kappa shape index (κ2) is 9.08. The van der Waals surface area contributed by atoms with Crippen LogP contribution in [0.5, 0.6) is 0 Å². The molecule has 0 aromatic heterocycles. The summed E-state index contributed by atoms with van der Waals surface area (Å²) in [5.74, 6) is -19.3. The van der Waals surface area contributed by atoms with E-state index in [9.17, 15) is 65.9 Å². The van der Waals surface area contributed by atoms with E-state index in [4.69, 9.17) is 0 Å². The maximum absolute atomic E-state index is 12.8. The third-order valence-electron chi connectivity index (χ3n) is 2.18. The quantitative estimate of drug-likeness (QED) is 0.406. The van der Waals surface area contributed by atoms with Gasteiger partial charge in [0, 0.05) is 0 Å². The summed E-state index contributed by atoms with van der Waals surface area (Å²) in [5.41, 5.74) is 0. The van der Waals surface area contributed by atoms with Gasteiger partial charge in [0.25, 0.3) is 12.3 Å². The Hall–Kier alpha value is -1.28. The summed E-state index contributed by atoms with van der Waals surface area (Å²) in [4.78, 5) is 0. The van der Waals surface area contributed by atoms with Gasteiger partial charge in [-0.3, -0.25) is 0 Å². The number of rotatable bonds is 5. The fourth-order valence-corrected chi connectivity index (χ4v) is 1.10. The first kappa shape index (κ1) is 26.9. The van der Waals surface area contributed by atoms with Crippen molar-refractivity contribution in [3.05, 3.63) is 23.8 Å². The second-order valence-electron chi connectivity index (χ2n) is 3.99. The molecule has 0 bridgehead atoms. The largest absolute Gasteiger partial charge is 0.425 e. The molecule has 26 heavy (non-hydrogen) atoms. The van der Waals surface area contributed by atoms with Gasteiger partial charge in [-0.15, -0.1) is 0 Å². The molecule has 0 aliphatic heterocycles. The molecule has 0 nitrogen and oxygen atoms in total. The minimum Gasteiger partial charge on any atom is -0.234 e. The third kappa shape index (κ3) is 6.16. The van der Waals surface area contributed by atoms with E-state index in [-0.39, 0.29) is 0 Å². The van der Waals surface area contributed by atoms with Crippen LogP contribution < -0.4 is 0 Å². The van der Waals surface area contributed by atoms with Crippen LogP contribution in [0.4, 0.5) is 65.9 Å². The van der Waals surface area contributed by atoms with E-state index >= 15 is 0 Å². The van der Waals surface area contributed by atoms with E-state index in [1.54, 1.807) is 0 Å². The first-order valence-electron chi connectivity index (χ1n) is 5.37. The van der Waals surface area contributed by atoms with E-state index in [0.717, 1.165) is 0 Å². The van der Waals surface area contributed by atoms with Crippen LogP contribution in [0, 0.1) is 0 Å². The average molecular weight is 445 g/mol. The molecule has 156 valence electrons. The van der Waals surface area contributed by atoms with Gasteiger partial charge in [0.05, 0.1) is 0 Å². The van der Waals surface area contributed by atoms with E-state index in [1.165, 1.54) is 0 Å². The smallest absolute Gasteiger partial charge is 0.234 e. The molecular weight excluding hydrogens is 441 g/mol. The molecule has 0 rings (SSSR count). The predicted molar refractivity (Wildman–Crippen MR) is 57.1 cm³/mol. The zero-order valence-electron chi connectivity index (χ0n) is 11.4. The van der Waals surface area contributed by atoms with Crippen LogP contribution in [0.3, 0.4) is 0 Å². The van der Waals surface area contributed by atoms with Crippen molar-refractivity contribution in [2.24, 2.45) is 0 Å². The van der Waals surface area contributed by atoms with Crippen molar-refractivity contribution in [3.63, 3.8) is 0 Å². The molecule has 16 heteroatoms. The Morgan fingerprint density at radius 3 is 1.31 bits per heavy atom. The van der Waals surface area contributed by atoms with Gasteiger partial charge in [-0.1, -0.05) is 11.6 Å². The van der Waals surface area contributed by atoms with Crippen molar-refractivity contribution in [1.82, 2.24) is 0 Å². The Kier molecular flexibility index (Phi) is 9.41. The highest BCUT2D eigenvalue weighted by molar-refractivity contribution is 6.30. The number of hydrogen-bond donors (Lipinski definition) is 0. The Morgan fingerprint density at radius 1 is 0.731 bits per heavy atom. The number of hydrogen-bond acceptors (Lipinski definition) is 0. The Balaban J connectivity index is 0. The summed E-state index contributed by atoms with van der Waals surface area (Å²) in [7, 11) is 0. The maximum atomic E-state index is 12.8. The summed E-state index contributed by atoms with van der Waals surface area (Å²) in [5, 5.41) is -2.76. The van der Waals surface area contributed by atoms with Crippen LogP contribution in [0.1, 0.15) is 0 Å². The first-order valence-corrected chi connectivity index (χ1v) is 5.75. The molecule has 0 fully saturated rings. The highest BCUT2D eigenvalue weighted by Gasteiger charge is 2.74. The molecule has 0 saturated carbocycles. The molecule has 0 aromatic rings. The van der Waals surface area contributed by atoms with E-state index in [0.29, 0.717) is 0 Å². The summed E-state index contributed by atoms with van der Waals surface area (Å²) in [6.07, 6.45) is -22.1. The summed E-state index contributed by atoms with van der Waals surface area (Å²) in [6.45, 7) is 0. The SMILES string of the molecule is FC=C(Cl)C(F)(F)C(F)(F)C(F)C(F)(F)C(F)C(F)(F)F.FC=C(F)F. The monoisotopic (exact) mass is 444 g/mol. The van der Waals surface area contributed by atoms with Crippen LogP contribution in [0.15, 0.2) is 23.8 Å². The fourth-order valence-electron chi connectivity index (χ4n) is 0.975. The molecule has 0 radical (unpaired) electrons. The molecule has 0 saturated heterocycles. The van der Waals surface area contributed by atoms with Gasteiger partial charge in [-0.05, 0) is 0 Å². The van der Waals surface area contributed by atoms with E-state index < -0.39 is 60.1 Å². The number of alkyl halides is 11. The molecule has 2 atom stereocenters. The Bertz CT molecular complexity index is 501. The molecule has 0 heterocycles.